The molecule has 0 aliphatic heterocycles. The van der Waals surface area contributed by atoms with E-state index in [-0.39, 0.29) is 16.2 Å². The molecule has 110 valence electrons. The minimum atomic E-state index is -3.53. The van der Waals surface area contributed by atoms with E-state index in [1.165, 1.54) is 18.2 Å². The summed E-state index contributed by atoms with van der Waals surface area (Å²) in [7, 11) is -3.53. The van der Waals surface area contributed by atoms with E-state index in [2.05, 4.69) is 4.98 Å². The maximum Gasteiger partial charge on any atom is 0.335 e. The topological polar surface area (TPSA) is 84.3 Å². The average molecular weight is 305 g/mol. The summed E-state index contributed by atoms with van der Waals surface area (Å²) in [6.45, 7) is 1.63. The van der Waals surface area contributed by atoms with Crippen molar-refractivity contribution in [2.24, 2.45) is 0 Å². The Morgan fingerprint density at radius 1 is 1.24 bits per heavy atom. The molecule has 1 heterocycles. The van der Waals surface area contributed by atoms with Gasteiger partial charge in [0.2, 0.25) is 0 Å². The van der Waals surface area contributed by atoms with Crippen LogP contribution in [0.1, 0.15) is 21.6 Å². The standard InChI is InChI=1S/C15H15NO4S/c1-11-5-6-13(10-14(11)15(17)18)21(19,20)9-7-12-4-2-3-8-16-12/h2-6,8,10H,7,9H2,1H3,(H,17,18). The number of aryl methyl sites for hydroxylation is 2. The van der Waals surface area contributed by atoms with Gasteiger partial charge in [-0.15, -0.1) is 0 Å². The first kappa shape index (κ1) is 15.2. The van der Waals surface area contributed by atoms with Gasteiger partial charge in [0.25, 0.3) is 0 Å². The van der Waals surface area contributed by atoms with Crippen molar-refractivity contribution in [3.05, 3.63) is 59.4 Å². The van der Waals surface area contributed by atoms with E-state index in [0.717, 1.165) is 0 Å². The minimum absolute atomic E-state index is 0.00825. The van der Waals surface area contributed by atoms with Gasteiger partial charge in [0, 0.05) is 18.3 Å². The van der Waals surface area contributed by atoms with Crippen LogP contribution in [-0.2, 0) is 16.3 Å². The minimum Gasteiger partial charge on any atom is -0.478 e. The van der Waals surface area contributed by atoms with E-state index in [9.17, 15) is 13.2 Å². The maximum absolute atomic E-state index is 12.3. The third-order valence-electron chi connectivity index (χ3n) is 3.15. The van der Waals surface area contributed by atoms with E-state index >= 15 is 0 Å². The molecule has 0 radical (unpaired) electrons. The van der Waals surface area contributed by atoms with Gasteiger partial charge in [0.1, 0.15) is 0 Å². The number of aromatic nitrogens is 1. The molecule has 0 saturated heterocycles. The maximum atomic E-state index is 12.3. The first-order valence-electron chi connectivity index (χ1n) is 6.37. The lowest BCUT2D eigenvalue weighted by molar-refractivity contribution is 0.0696. The number of benzene rings is 1. The highest BCUT2D eigenvalue weighted by atomic mass is 32.2. The number of hydrogen-bond acceptors (Lipinski definition) is 4. The Morgan fingerprint density at radius 2 is 2.00 bits per heavy atom. The quantitative estimate of drug-likeness (QED) is 0.914. The van der Waals surface area contributed by atoms with Gasteiger partial charge in [-0.3, -0.25) is 4.98 Å². The molecule has 6 heteroatoms. The van der Waals surface area contributed by atoms with Crippen LogP contribution in [0, 0.1) is 6.92 Å². The lowest BCUT2D eigenvalue weighted by Crippen LogP contribution is -2.11. The summed E-state index contributed by atoms with van der Waals surface area (Å²) in [5, 5.41) is 9.06. The summed E-state index contributed by atoms with van der Waals surface area (Å²) >= 11 is 0. The molecule has 0 aliphatic carbocycles. The fourth-order valence-corrected chi connectivity index (χ4v) is 3.21. The molecule has 0 saturated carbocycles. The molecular formula is C15H15NO4S. The molecule has 0 atom stereocenters. The third-order valence-corrected chi connectivity index (χ3v) is 4.87. The van der Waals surface area contributed by atoms with Gasteiger partial charge in [-0.2, -0.15) is 0 Å². The van der Waals surface area contributed by atoms with Crippen LogP contribution < -0.4 is 0 Å². The van der Waals surface area contributed by atoms with Crippen molar-refractivity contribution in [3.8, 4) is 0 Å². The normalized spacial score (nSPS) is 11.3. The number of carboxylic acids is 1. The summed E-state index contributed by atoms with van der Waals surface area (Å²) < 4.78 is 24.5. The molecule has 0 spiro atoms. The number of aromatic carboxylic acids is 1. The van der Waals surface area contributed by atoms with Crippen LogP contribution in [0.4, 0.5) is 0 Å². The summed E-state index contributed by atoms with van der Waals surface area (Å²) in [6.07, 6.45) is 1.90. The van der Waals surface area contributed by atoms with Crippen LogP contribution >= 0.6 is 0 Å². The van der Waals surface area contributed by atoms with E-state index < -0.39 is 15.8 Å². The van der Waals surface area contributed by atoms with E-state index in [4.69, 9.17) is 5.11 Å². The molecule has 1 N–H and O–H groups in total. The monoisotopic (exact) mass is 305 g/mol. The van der Waals surface area contributed by atoms with Crippen LogP contribution in [0.2, 0.25) is 0 Å². The molecule has 0 aliphatic rings. The molecule has 0 bridgehead atoms. The fourth-order valence-electron chi connectivity index (χ4n) is 1.93. The Balaban J connectivity index is 2.24. The first-order valence-corrected chi connectivity index (χ1v) is 8.02. The van der Waals surface area contributed by atoms with Gasteiger partial charge >= 0.3 is 5.97 Å². The Morgan fingerprint density at radius 3 is 2.62 bits per heavy atom. The van der Waals surface area contributed by atoms with Crippen LogP contribution in [0.15, 0.2) is 47.5 Å². The zero-order valence-electron chi connectivity index (χ0n) is 11.5. The molecule has 2 aromatic rings. The summed E-state index contributed by atoms with van der Waals surface area (Å²) in [5.41, 5.74) is 1.23. The van der Waals surface area contributed by atoms with Crippen LogP contribution in [-0.4, -0.2) is 30.2 Å². The molecule has 0 unspecified atom stereocenters. The molecule has 0 amide bonds. The molecule has 2 rings (SSSR count). The van der Waals surface area contributed by atoms with Gasteiger partial charge < -0.3 is 5.11 Å². The van der Waals surface area contributed by atoms with Crippen LogP contribution in [0.25, 0.3) is 0 Å². The Kier molecular flexibility index (Phi) is 4.37. The summed E-state index contributed by atoms with van der Waals surface area (Å²) in [6, 6.07) is 9.48. The second-order valence-corrected chi connectivity index (χ2v) is 6.78. The first-order chi connectivity index (χ1) is 9.90. The molecule has 1 aromatic heterocycles. The van der Waals surface area contributed by atoms with E-state index in [1.54, 1.807) is 31.3 Å². The fraction of sp³-hybridized carbons (Fsp3) is 0.200. The highest BCUT2D eigenvalue weighted by Crippen LogP contribution is 2.17. The van der Waals surface area contributed by atoms with Crippen molar-refractivity contribution in [1.29, 1.82) is 0 Å². The number of nitrogens with zero attached hydrogens (tertiary/aromatic N) is 1. The van der Waals surface area contributed by atoms with Gasteiger partial charge in [0.05, 0.1) is 16.2 Å². The number of carbonyl (C=O) groups is 1. The summed E-state index contributed by atoms with van der Waals surface area (Å²) in [4.78, 5) is 15.2. The van der Waals surface area contributed by atoms with Crippen molar-refractivity contribution in [2.75, 3.05) is 5.75 Å². The molecular weight excluding hydrogens is 290 g/mol. The number of carboxylic acid groups (broad SMARTS) is 1. The van der Waals surface area contributed by atoms with Crippen LogP contribution in [0.3, 0.4) is 0 Å². The van der Waals surface area contributed by atoms with Gasteiger partial charge in [-0.25, -0.2) is 13.2 Å². The number of rotatable bonds is 5. The smallest absolute Gasteiger partial charge is 0.335 e. The molecule has 5 nitrogen and oxygen atoms in total. The lowest BCUT2D eigenvalue weighted by Gasteiger charge is -2.07. The average Bonchev–Trinajstić information content (AvgIpc) is 2.46. The second kappa shape index (κ2) is 6.05. The predicted molar refractivity (Wildman–Crippen MR) is 78.1 cm³/mol. The predicted octanol–water partition coefficient (Wildman–Crippen LogP) is 2.10. The highest BCUT2D eigenvalue weighted by molar-refractivity contribution is 7.91. The highest BCUT2D eigenvalue weighted by Gasteiger charge is 2.18. The van der Waals surface area contributed by atoms with Crippen LogP contribution in [0.5, 0.6) is 0 Å². The zero-order valence-corrected chi connectivity index (χ0v) is 12.3. The van der Waals surface area contributed by atoms with Gasteiger partial charge in [-0.05, 0) is 36.8 Å². The lowest BCUT2D eigenvalue weighted by atomic mass is 10.1. The SMILES string of the molecule is Cc1ccc(S(=O)(=O)CCc2ccccn2)cc1C(=O)O. The van der Waals surface area contributed by atoms with Crippen molar-refractivity contribution < 1.29 is 18.3 Å². The molecule has 21 heavy (non-hydrogen) atoms. The van der Waals surface area contributed by atoms with Crippen molar-refractivity contribution >= 4 is 15.8 Å². The number of hydrogen-bond donors (Lipinski definition) is 1. The van der Waals surface area contributed by atoms with Gasteiger partial charge in [0.15, 0.2) is 9.84 Å². The Labute approximate surface area is 123 Å². The summed E-state index contributed by atoms with van der Waals surface area (Å²) in [5.74, 6) is -1.24. The van der Waals surface area contributed by atoms with Crippen molar-refractivity contribution in [3.63, 3.8) is 0 Å². The third kappa shape index (κ3) is 3.66. The molecule has 0 fully saturated rings. The molecule has 1 aromatic carbocycles. The van der Waals surface area contributed by atoms with E-state index in [1.807, 2.05) is 0 Å². The van der Waals surface area contributed by atoms with Crippen molar-refractivity contribution in [2.45, 2.75) is 18.2 Å². The second-order valence-electron chi connectivity index (χ2n) is 4.67. The Hall–Kier alpha value is -2.21. The van der Waals surface area contributed by atoms with E-state index in [0.29, 0.717) is 17.7 Å². The zero-order chi connectivity index (χ0) is 15.5. The van der Waals surface area contributed by atoms with Gasteiger partial charge in [-0.1, -0.05) is 12.1 Å². The number of sulfone groups is 1. The number of pyridine rings is 1. The Bertz CT molecular complexity index is 754. The largest absolute Gasteiger partial charge is 0.478 e. The van der Waals surface area contributed by atoms with Crippen molar-refractivity contribution in [1.82, 2.24) is 4.98 Å².